The second kappa shape index (κ2) is 19.4. The molecule has 0 aliphatic carbocycles. The Kier molecular flexibility index (Phi) is 18.4. The third-order valence-electron chi connectivity index (χ3n) is 5.03. The maximum Gasteiger partial charge on any atom is 0.379 e. The summed E-state index contributed by atoms with van der Waals surface area (Å²) in [5.74, 6) is -1.32. The number of carboxylic acids is 1. The van der Waals surface area contributed by atoms with Gasteiger partial charge in [0.25, 0.3) is 0 Å². The summed E-state index contributed by atoms with van der Waals surface area (Å²) in [5, 5.41) is 19.3. The van der Waals surface area contributed by atoms with E-state index in [2.05, 4.69) is 19.1 Å². The lowest BCUT2D eigenvalue weighted by Crippen LogP contribution is -2.28. The highest BCUT2D eigenvalue weighted by atomic mass is 16.6. The molecule has 0 aromatic rings. The number of rotatable bonds is 20. The Morgan fingerprint density at radius 3 is 1.63 bits per heavy atom. The van der Waals surface area contributed by atoms with Crippen molar-refractivity contribution >= 4 is 5.97 Å². The van der Waals surface area contributed by atoms with Crippen molar-refractivity contribution < 1.29 is 14.8 Å². The summed E-state index contributed by atoms with van der Waals surface area (Å²) >= 11 is 0. The Hall–Kier alpha value is -1.39. The van der Waals surface area contributed by atoms with Crippen LogP contribution in [0, 0.1) is 10.1 Å². The normalized spacial score (nSPS) is 12.5. The van der Waals surface area contributed by atoms with Gasteiger partial charge in [0.05, 0.1) is 0 Å². The molecule has 1 unspecified atom stereocenters. The lowest BCUT2D eigenvalue weighted by Gasteiger charge is -2.04. The van der Waals surface area contributed by atoms with E-state index in [1.54, 1.807) is 0 Å². The highest BCUT2D eigenvalue weighted by molar-refractivity contribution is 5.71. The van der Waals surface area contributed by atoms with E-state index in [1.807, 2.05) is 0 Å². The molecule has 0 saturated heterocycles. The van der Waals surface area contributed by atoms with Crippen molar-refractivity contribution in [2.24, 2.45) is 0 Å². The first-order chi connectivity index (χ1) is 13.1. The van der Waals surface area contributed by atoms with Crippen LogP contribution in [0.15, 0.2) is 12.2 Å². The number of aliphatic carboxylic acids is 1. The smallest absolute Gasteiger partial charge is 0.379 e. The van der Waals surface area contributed by atoms with Crippen LogP contribution in [0.2, 0.25) is 0 Å². The molecule has 1 atom stereocenters. The summed E-state index contributed by atoms with van der Waals surface area (Å²) in [6, 6.07) is -1.43. The standard InChI is InChI=1S/C22H41NO4/c1-2-3-4-5-6-7-8-9-10-11-12-13-14-15-16-17-18-19-20-21(22(24)25)23(26)27/h9-10,21H,2-8,11-20H2,1H3,(H,24,25)/b10-9-. The third-order valence-corrected chi connectivity index (χ3v) is 5.03. The molecular weight excluding hydrogens is 342 g/mol. The fourth-order valence-corrected chi connectivity index (χ4v) is 3.26. The maximum atomic E-state index is 10.7. The molecule has 0 fully saturated rings. The molecule has 0 saturated carbocycles. The molecule has 1 N–H and O–H groups in total. The summed E-state index contributed by atoms with van der Waals surface area (Å²) in [6.45, 7) is 2.25. The molecule has 0 aliphatic heterocycles. The first-order valence-corrected chi connectivity index (χ1v) is 11.1. The molecule has 0 aromatic carbocycles. The molecule has 0 rings (SSSR count). The highest BCUT2D eigenvalue weighted by Crippen LogP contribution is 2.13. The molecule has 5 nitrogen and oxygen atoms in total. The lowest BCUT2D eigenvalue weighted by atomic mass is 10.0. The van der Waals surface area contributed by atoms with Gasteiger partial charge in [0, 0.05) is 11.3 Å². The number of carboxylic acid groups (broad SMARTS) is 1. The van der Waals surface area contributed by atoms with Gasteiger partial charge in [-0.05, 0) is 32.1 Å². The van der Waals surface area contributed by atoms with Crippen molar-refractivity contribution in [3.63, 3.8) is 0 Å². The van der Waals surface area contributed by atoms with Crippen molar-refractivity contribution in [3.05, 3.63) is 22.3 Å². The molecule has 158 valence electrons. The number of hydrogen-bond acceptors (Lipinski definition) is 3. The van der Waals surface area contributed by atoms with Crippen LogP contribution in [0.4, 0.5) is 0 Å². The molecule has 0 amide bonds. The van der Waals surface area contributed by atoms with E-state index in [1.165, 1.54) is 77.0 Å². The monoisotopic (exact) mass is 383 g/mol. The van der Waals surface area contributed by atoms with Crippen LogP contribution < -0.4 is 0 Å². The van der Waals surface area contributed by atoms with Crippen LogP contribution in [-0.4, -0.2) is 22.0 Å². The van der Waals surface area contributed by atoms with Gasteiger partial charge in [0.15, 0.2) is 0 Å². The van der Waals surface area contributed by atoms with E-state index in [-0.39, 0.29) is 6.42 Å². The molecule has 0 aliphatic rings. The van der Waals surface area contributed by atoms with Gasteiger partial charge < -0.3 is 5.11 Å². The van der Waals surface area contributed by atoms with Gasteiger partial charge in [-0.1, -0.05) is 89.7 Å². The molecule has 0 heterocycles. The number of nitro groups is 1. The number of unbranched alkanes of at least 4 members (excludes halogenated alkanes) is 14. The number of carbonyl (C=O) groups is 1. The summed E-state index contributed by atoms with van der Waals surface area (Å²) in [6.07, 6.45) is 24.1. The molecular formula is C22H41NO4. The molecule has 0 bridgehead atoms. The topological polar surface area (TPSA) is 80.4 Å². The van der Waals surface area contributed by atoms with Crippen molar-refractivity contribution in [1.29, 1.82) is 0 Å². The second-order valence-corrected chi connectivity index (χ2v) is 7.57. The van der Waals surface area contributed by atoms with Crippen molar-refractivity contribution in [1.82, 2.24) is 0 Å². The van der Waals surface area contributed by atoms with E-state index >= 15 is 0 Å². The number of allylic oxidation sites excluding steroid dienone is 2. The van der Waals surface area contributed by atoms with Gasteiger partial charge in [-0.25, -0.2) is 4.79 Å². The van der Waals surface area contributed by atoms with Gasteiger partial charge in [0.2, 0.25) is 0 Å². The van der Waals surface area contributed by atoms with E-state index in [4.69, 9.17) is 5.11 Å². The van der Waals surface area contributed by atoms with Crippen LogP contribution in [0.5, 0.6) is 0 Å². The minimum atomic E-state index is -1.43. The minimum absolute atomic E-state index is 0.146. The van der Waals surface area contributed by atoms with Gasteiger partial charge >= 0.3 is 12.0 Å². The molecule has 0 radical (unpaired) electrons. The van der Waals surface area contributed by atoms with Crippen LogP contribution in [-0.2, 0) is 4.79 Å². The summed E-state index contributed by atoms with van der Waals surface area (Å²) in [5.41, 5.74) is 0. The largest absolute Gasteiger partial charge is 0.476 e. The third kappa shape index (κ3) is 17.8. The van der Waals surface area contributed by atoms with E-state index in [9.17, 15) is 14.9 Å². The zero-order valence-corrected chi connectivity index (χ0v) is 17.4. The average Bonchev–Trinajstić information content (AvgIpc) is 2.63. The van der Waals surface area contributed by atoms with E-state index < -0.39 is 16.9 Å². The Bertz CT molecular complexity index is 382. The minimum Gasteiger partial charge on any atom is -0.476 e. The summed E-state index contributed by atoms with van der Waals surface area (Å²) < 4.78 is 0. The van der Waals surface area contributed by atoms with Crippen molar-refractivity contribution in [3.8, 4) is 0 Å². The first-order valence-electron chi connectivity index (χ1n) is 11.1. The quantitative estimate of drug-likeness (QED) is 0.107. The van der Waals surface area contributed by atoms with Gasteiger partial charge in [-0.15, -0.1) is 0 Å². The van der Waals surface area contributed by atoms with Crippen LogP contribution in [0.3, 0.4) is 0 Å². The predicted molar refractivity (Wildman–Crippen MR) is 112 cm³/mol. The Morgan fingerprint density at radius 2 is 1.22 bits per heavy atom. The van der Waals surface area contributed by atoms with Crippen molar-refractivity contribution in [2.75, 3.05) is 0 Å². The molecule has 5 heteroatoms. The van der Waals surface area contributed by atoms with Crippen LogP contribution >= 0.6 is 0 Å². The van der Waals surface area contributed by atoms with E-state index in [0.717, 1.165) is 19.3 Å². The fraction of sp³-hybridized carbons (Fsp3) is 0.864. The molecule has 0 aromatic heterocycles. The Balaban J connectivity index is 3.28. The fourth-order valence-electron chi connectivity index (χ4n) is 3.26. The zero-order valence-electron chi connectivity index (χ0n) is 17.4. The lowest BCUT2D eigenvalue weighted by molar-refractivity contribution is -0.511. The van der Waals surface area contributed by atoms with Gasteiger partial charge in [-0.2, -0.15) is 0 Å². The molecule has 27 heavy (non-hydrogen) atoms. The Labute approximate surface area is 165 Å². The highest BCUT2D eigenvalue weighted by Gasteiger charge is 2.27. The second-order valence-electron chi connectivity index (χ2n) is 7.57. The first kappa shape index (κ1) is 25.6. The van der Waals surface area contributed by atoms with Crippen molar-refractivity contribution in [2.45, 2.75) is 122 Å². The number of hydrogen-bond donors (Lipinski definition) is 1. The molecule has 0 spiro atoms. The average molecular weight is 384 g/mol. The predicted octanol–water partition coefficient (Wildman–Crippen LogP) is 6.92. The zero-order chi connectivity index (χ0) is 20.2. The van der Waals surface area contributed by atoms with E-state index in [0.29, 0.717) is 6.42 Å². The Morgan fingerprint density at radius 1 is 0.815 bits per heavy atom. The SMILES string of the molecule is CCCCCCCC/C=C\CCCCCCCCCCC(C(=O)O)[N+](=O)[O-]. The van der Waals surface area contributed by atoms with Crippen LogP contribution in [0.25, 0.3) is 0 Å². The van der Waals surface area contributed by atoms with Gasteiger partial charge in [-0.3, -0.25) is 10.1 Å². The van der Waals surface area contributed by atoms with Gasteiger partial charge in [0.1, 0.15) is 0 Å². The summed E-state index contributed by atoms with van der Waals surface area (Å²) in [4.78, 5) is 20.6. The number of nitrogens with zero attached hydrogens (tertiary/aromatic N) is 1. The maximum absolute atomic E-state index is 10.7. The van der Waals surface area contributed by atoms with Crippen LogP contribution in [0.1, 0.15) is 116 Å². The summed E-state index contributed by atoms with van der Waals surface area (Å²) in [7, 11) is 0.